The highest BCUT2D eigenvalue weighted by Gasteiger charge is 2.45. The summed E-state index contributed by atoms with van der Waals surface area (Å²) in [6, 6.07) is 0.416. The summed E-state index contributed by atoms with van der Waals surface area (Å²) in [5.74, 6) is 1.47. The van der Waals surface area contributed by atoms with Gasteiger partial charge in [-0.2, -0.15) is 0 Å². The van der Waals surface area contributed by atoms with Crippen molar-refractivity contribution in [2.75, 3.05) is 0 Å². The molecule has 0 heterocycles. The van der Waals surface area contributed by atoms with Gasteiger partial charge < -0.3 is 5.73 Å². The fraction of sp³-hybridized carbons (Fsp3) is 1.00. The summed E-state index contributed by atoms with van der Waals surface area (Å²) in [7, 11) is 0. The smallest absolute Gasteiger partial charge is 0.00751 e. The Morgan fingerprint density at radius 1 is 0.857 bits per heavy atom. The summed E-state index contributed by atoms with van der Waals surface area (Å²) in [4.78, 5) is 0. The first-order valence-electron chi connectivity index (χ1n) is 5.89. The van der Waals surface area contributed by atoms with Crippen molar-refractivity contribution in [3.05, 3.63) is 0 Å². The number of hydrogen-bond donors (Lipinski definition) is 1. The molecule has 0 radical (unpaired) electrons. The second-order valence-electron chi connectivity index (χ2n) is 7.11. The number of hydrogen-bond acceptors (Lipinski definition) is 1. The Balaban J connectivity index is 2.88. The molecule has 14 heavy (non-hydrogen) atoms. The van der Waals surface area contributed by atoms with E-state index in [2.05, 4.69) is 41.5 Å². The van der Waals surface area contributed by atoms with Crippen molar-refractivity contribution in [3.63, 3.8) is 0 Å². The fourth-order valence-corrected chi connectivity index (χ4v) is 3.25. The van der Waals surface area contributed by atoms with Crippen LogP contribution in [0.1, 0.15) is 54.4 Å². The van der Waals surface area contributed by atoms with Crippen LogP contribution in [0.25, 0.3) is 0 Å². The molecule has 2 N–H and O–H groups in total. The van der Waals surface area contributed by atoms with E-state index in [1.165, 1.54) is 12.8 Å². The molecule has 1 rings (SSSR count). The van der Waals surface area contributed by atoms with Crippen LogP contribution >= 0.6 is 0 Å². The maximum Gasteiger partial charge on any atom is 0.00751 e. The minimum atomic E-state index is 0.355. The molecule has 0 saturated heterocycles. The van der Waals surface area contributed by atoms with Gasteiger partial charge in [-0.25, -0.2) is 0 Å². The Bertz CT molecular complexity index is 194. The molecule has 1 aliphatic carbocycles. The van der Waals surface area contributed by atoms with E-state index in [0.717, 1.165) is 5.92 Å². The normalized spacial score (nSPS) is 34.9. The summed E-state index contributed by atoms with van der Waals surface area (Å²) in [6.07, 6.45) is 2.52. The zero-order valence-electron chi connectivity index (χ0n) is 10.7. The average molecular weight is 197 g/mol. The minimum Gasteiger partial charge on any atom is -0.327 e. The van der Waals surface area contributed by atoms with Crippen molar-refractivity contribution in [1.29, 1.82) is 0 Å². The van der Waals surface area contributed by atoms with Crippen LogP contribution in [0.2, 0.25) is 0 Å². The lowest BCUT2D eigenvalue weighted by atomic mass is 9.65. The largest absolute Gasteiger partial charge is 0.327 e. The van der Waals surface area contributed by atoms with Gasteiger partial charge in [0.25, 0.3) is 0 Å². The van der Waals surface area contributed by atoms with E-state index in [9.17, 15) is 0 Å². The Kier molecular flexibility index (Phi) is 3.02. The second-order valence-corrected chi connectivity index (χ2v) is 7.11. The standard InChI is InChI=1S/C13H27N/c1-12(2,3)9-7-8-10(14)11(9)13(4,5)6/h9-11H,7-8,14H2,1-6H3. The first kappa shape index (κ1) is 12.0. The molecule has 3 unspecified atom stereocenters. The molecule has 0 spiro atoms. The van der Waals surface area contributed by atoms with Crippen LogP contribution in [-0.2, 0) is 0 Å². The van der Waals surface area contributed by atoms with E-state index < -0.39 is 0 Å². The second kappa shape index (κ2) is 3.52. The molecule has 1 saturated carbocycles. The predicted octanol–water partition coefficient (Wildman–Crippen LogP) is 3.43. The third-order valence-electron chi connectivity index (χ3n) is 3.82. The predicted molar refractivity (Wildman–Crippen MR) is 63.1 cm³/mol. The highest BCUT2D eigenvalue weighted by molar-refractivity contribution is 4.97. The summed E-state index contributed by atoms with van der Waals surface area (Å²) < 4.78 is 0. The molecule has 0 aromatic heterocycles. The van der Waals surface area contributed by atoms with Crippen molar-refractivity contribution in [1.82, 2.24) is 0 Å². The first-order chi connectivity index (χ1) is 6.14. The van der Waals surface area contributed by atoms with Crippen molar-refractivity contribution in [2.45, 2.75) is 60.4 Å². The molecule has 84 valence electrons. The van der Waals surface area contributed by atoms with E-state index in [0.29, 0.717) is 22.8 Å². The monoisotopic (exact) mass is 197 g/mol. The van der Waals surface area contributed by atoms with Gasteiger partial charge in [0, 0.05) is 6.04 Å². The zero-order valence-corrected chi connectivity index (χ0v) is 10.7. The van der Waals surface area contributed by atoms with Gasteiger partial charge in [0.05, 0.1) is 0 Å². The molecule has 0 amide bonds. The lowest BCUT2D eigenvalue weighted by molar-refractivity contribution is 0.0897. The zero-order chi connectivity index (χ0) is 11.1. The third-order valence-corrected chi connectivity index (χ3v) is 3.82. The SMILES string of the molecule is CC(C)(C)C1CCC(N)C1C(C)(C)C. The van der Waals surface area contributed by atoms with Gasteiger partial charge in [0.2, 0.25) is 0 Å². The summed E-state index contributed by atoms with van der Waals surface area (Å²) >= 11 is 0. The van der Waals surface area contributed by atoms with Crippen LogP contribution in [0.4, 0.5) is 0 Å². The Morgan fingerprint density at radius 3 is 1.64 bits per heavy atom. The molecule has 0 aliphatic heterocycles. The van der Waals surface area contributed by atoms with E-state index in [1.807, 2.05) is 0 Å². The van der Waals surface area contributed by atoms with Gasteiger partial charge >= 0.3 is 0 Å². The molecule has 0 bridgehead atoms. The molecular weight excluding hydrogens is 170 g/mol. The summed E-state index contributed by atoms with van der Waals surface area (Å²) in [5.41, 5.74) is 7.02. The van der Waals surface area contributed by atoms with Crippen LogP contribution in [0, 0.1) is 22.7 Å². The van der Waals surface area contributed by atoms with Gasteiger partial charge in [0.15, 0.2) is 0 Å². The van der Waals surface area contributed by atoms with Crippen LogP contribution in [0.3, 0.4) is 0 Å². The number of rotatable bonds is 0. The molecular formula is C13H27N. The van der Waals surface area contributed by atoms with Crippen molar-refractivity contribution in [3.8, 4) is 0 Å². The molecule has 0 aromatic carbocycles. The molecule has 3 atom stereocenters. The van der Waals surface area contributed by atoms with Gasteiger partial charge in [-0.1, -0.05) is 41.5 Å². The average Bonchev–Trinajstić information content (AvgIpc) is 2.27. The Hall–Kier alpha value is -0.0400. The molecule has 1 fully saturated rings. The summed E-state index contributed by atoms with van der Waals surface area (Å²) in [5, 5.41) is 0. The van der Waals surface area contributed by atoms with Crippen molar-refractivity contribution in [2.24, 2.45) is 28.4 Å². The minimum absolute atomic E-state index is 0.355. The quantitative estimate of drug-likeness (QED) is 0.632. The molecule has 1 aliphatic rings. The van der Waals surface area contributed by atoms with E-state index in [1.54, 1.807) is 0 Å². The van der Waals surface area contributed by atoms with Gasteiger partial charge in [-0.15, -0.1) is 0 Å². The van der Waals surface area contributed by atoms with E-state index >= 15 is 0 Å². The van der Waals surface area contributed by atoms with Gasteiger partial charge in [0.1, 0.15) is 0 Å². The lowest BCUT2D eigenvalue weighted by Gasteiger charge is -2.41. The maximum atomic E-state index is 6.25. The highest BCUT2D eigenvalue weighted by Crippen LogP contribution is 2.49. The Morgan fingerprint density at radius 2 is 1.36 bits per heavy atom. The molecule has 1 heteroatoms. The highest BCUT2D eigenvalue weighted by atomic mass is 14.7. The van der Waals surface area contributed by atoms with Crippen LogP contribution in [-0.4, -0.2) is 6.04 Å². The molecule has 1 nitrogen and oxygen atoms in total. The Labute approximate surface area is 89.5 Å². The van der Waals surface area contributed by atoms with Crippen molar-refractivity contribution >= 4 is 0 Å². The first-order valence-corrected chi connectivity index (χ1v) is 5.89. The number of nitrogens with two attached hydrogens (primary N) is 1. The van der Waals surface area contributed by atoms with Crippen molar-refractivity contribution < 1.29 is 0 Å². The third kappa shape index (κ3) is 2.31. The van der Waals surface area contributed by atoms with E-state index in [4.69, 9.17) is 5.73 Å². The maximum absolute atomic E-state index is 6.25. The van der Waals surface area contributed by atoms with Crippen LogP contribution in [0.15, 0.2) is 0 Å². The summed E-state index contributed by atoms with van der Waals surface area (Å²) in [6.45, 7) is 14.1. The fourth-order valence-electron chi connectivity index (χ4n) is 3.25. The van der Waals surface area contributed by atoms with Crippen LogP contribution < -0.4 is 5.73 Å². The van der Waals surface area contributed by atoms with Crippen LogP contribution in [0.5, 0.6) is 0 Å². The topological polar surface area (TPSA) is 26.0 Å². The van der Waals surface area contributed by atoms with E-state index in [-0.39, 0.29) is 0 Å². The lowest BCUT2D eigenvalue weighted by Crippen LogP contribution is -2.41. The molecule has 0 aromatic rings. The van der Waals surface area contributed by atoms with Gasteiger partial charge in [-0.05, 0) is 35.5 Å². The van der Waals surface area contributed by atoms with Gasteiger partial charge in [-0.3, -0.25) is 0 Å².